The van der Waals surface area contributed by atoms with E-state index in [4.69, 9.17) is 5.73 Å². The highest BCUT2D eigenvalue weighted by atomic mass is 32.2. The van der Waals surface area contributed by atoms with E-state index in [1.165, 1.54) is 22.9 Å². The third-order valence-corrected chi connectivity index (χ3v) is 2.30. The number of amides is 1. The molecule has 2 N–H and O–H groups in total. The Labute approximate surface area is 86.7 Å². The average molecular weight is 212 g/mol. The molecule has 0 aliphatic heterocycles. The van der Waals surface area contributed by atoms with Gasteiger partial charge in [-0.05, 0) is 6.26 Å². The zero-order valence-corrected chi connectivity index (χ0v) is 9.13. The molecule has 0 aliphatic carbocycles. The molecule has 0 bridgehead atoms. The van der Waals surface area contributed by atoms with Gasteiger partial charge in [-0.25, -0.2) is 9.97 Å². The first-order valence-corrected chi connectivity index (χ1v) is 5.17. The number of aromatic nitrogens is 2. The summed E-state index contributed by atoms with van der Waals surface area (Å²) >= 11 is 1.38. The zero-order valence-electron chi connectivity index (χ0n) is 8.31. The van der Waals surface area contributed by atoms with Crippen LogP contribution in [0.1, 0.15) is 10.4 Å². The Balaban J connectivity index is 3.14. The summed E-state index contributed by atoms with van der Waals surface area (Å²) in [5.74, 6) is 0.0685. The molecule has 0 spiro atoms. The quantitative estimate of drug-likeness (QED) is 0.570. The number of hydrogen-bond donors (Lipinski definition) is 1. The predicted octanol–water partition coefficient (Wildman–Crippen LogP) is 0.482. The van der Waals surface area contributed by atoms with Gasteiger partial charge >= 0.3 is 0 Å². The van der Waals surface area contributed by atoms with Crippen molar-refractivity contribution in [2.75, 3.05) is 26.1 Å². The van der Waals surface area contributed by atoms with Gasteiger partial charge in [0, 0.05) is 20.3 Å². The molecule has 0 saturated carbocycles. The van der Waals surface area contributed by atoms with Crippen LogP contribution in [0.25, 0.3) is 0 Å². The van der Waals surface area contributed by atoms with Crippen molar-refractivity contribution in [1.82, 2.24) is 14.9 Å². The fourth-order valence-electron chi connectivity index (χ4n) is 0.922. The molecule has 0 unspecified atom stereocenters. The minimum Gasteiger partial charge on any atom is -0.368 e. The van der Waals surface area contributed by atoms with Gasteiger partial charge in [0.15, 0.2) is 0 Å². The highest BCUT2D eigenvalue weighted by molar-refractivity contribution is 7.98. The van der Waals surface area contributed by atoms with Gasteiger partial charge in [0.1, 0.15) is 5.03 Å². The van der Waals surface area contributed by atoms with Crippen LogP contribution in [0.15, 0.2) is 11.2 Å². The summed E-state index contributed by atoms with van der Waals surface area (Å²) in [6.07, 6.45) is 3.30. The van der Waals surface area contributed by atoms with Crippen molar-refractivity contribution in [3.05, 3.63) is 11.8 Å². The van der Waals surface area contributed by atoms with Gasteiger partial charge in [-0.3, -0.25) is 4.79 Å². The van der Waals surface area contributed by atoms with Gasteiger partial charge in [-0.15, -0.1) is 11.8 Å². The second-order valence-corrected chi connectivity index (χ2v) is 3.65. The molecule has 1 rings (SSSR count). The van der Waals surface area contributed by atoms with Gasteiger partial charge in [0.05, 0.1) is 5.56 Å². The Kier molecular flexibility index (Phi) is 3.29. The molecule has 0 fully saturated rings. The number of hydrogen-bond acceptors (Lipinski definition) is 5. The maximum absolute atomic E-state index is 11.6. The highest BCUT2D eigenvalue weighted by Crippen LogP contribution is 2.18. The van der Waals surface area contributed by atoms with Gasteiger partial charge < -0.3 is 10.6 Å². The molecule has 5 nitrogen and oxygen atoms in total. The van der Waals surface area contributed by atoms with E-state index >= 15 is 0 Å². The van der Waals surface area contributed by atoms with Crippen LogP contribution in [-0.2, 0) is 0 Å². The summed E-state index contributed by atoms with van der Waals surface area (Å²) in [5.41, 5.74) is 5.90. The lowest BCUT2D eigenvalue weighted by Crippen LogP contribution is -2.23. The Bertz CT molecular complexity index is 353. The third kappa shape index (κ3) is 2.14. The lowest BCUT2D eigenvalue weighted by atomic mass is 10.3. The topological polar surface area (TPSA) is 72.1 Å². The molecule has 0 radical (unpaired) electrons. The van der Waals surface area contributed by atoms with Crippen LogP contribution in [0.4, 0.5) is 5.95 Å². The van der Waals surface area contributed by atoms with Gasteiger partial charge in [0.2, 0.25) is 5.95 Å². The molecular formula is C8H12N4OS. The molecule has 0 aliphatic rings. The third-order valence-electron chi connectivity index (χ3n) is 1.60. The van der Waals surface area contributed by atoms with E-state index < -0.39 is 0 Å². The lowest BCUT2D eigenvalue weighted by Gasteiger charge is -2.11. The summed E-state index contributed by atoms with van der Waals surface area (Å²) < 4.78 is 0. The number of nitrogens with zero attached hydrogens (tertiary/aromatic N) is 3. The van der Waals surface area contributed by atoms with Crippen molar-refractivity contribution in [3.8, 4) is 0 Å². The molecule has 76 valence electrons. The zero-order chi connectivity index (χ0) is 10.7. The first-order valence-electron chi connectivity index (χ1n) is 3.94. The number of thioether (sulfide) groups is 1. The molecule has 6 heteroatoms. The number of anilines is 1. The second-order valence-electron chi connectivity index (χ2n) is 2.85. The van der Waals surface area contributed by atoms with Crippen LogP contribution in [0.2, 0.25) is 0 Å². The van der Waals surface area contributed by atoms with Crippen molar-refractivity contribution in [1.29, 1.82) is 0 Å². The first-order chi connectivity index (χ1) is 6.56. The van der Waals surface area contributed by atoms with E-state index in [1.807, 2.05) is 6.26 Å². The summed E-state index contributed by atoms with van der Waals surface area (Å²) in [6.45, 7) is 0. The molecule has 1 aromatic heterocycles. The average Bonchev–Trinajstić information content (AvgIpc) is 2.16. The summed E-state index contributed by atoms with van der Waals surface area (Å²) in [7, 11) is 3.37. The van der Waals surface area contributed by atoms with Crippen molar-refractivity contribution in [2.24, 2.45) is 0 Å². The molecule has 0 aromatic carbocycles. The summed E-state index contributed by atoms with van der Waals surface area (Å²) in [5, 5.41) is 0.608. The van der Waals surface area contributed by atoms with E-state index in [0.717, 1.165) is 0 Å². The smallest absolute Gasteiger partial charge is 0.257 e. The van der Waals surface area contributed by atoms with Crippen molar-refractivity contribution >= 4 is 23.6 Å². The van der Waals surface area contributed by atoms with E-state index in [1.54, 1.807) is 14.1 Å². The normalized spacial score (nSPS) is 9.93. The molecule has 0 saturated heterocycles. The van der Waals surface area contributed by atoms with Gasteiger partial charge in [-0.2, -0.15) is 0 Å². The monoisotopic (exact) mass is 212 g/mol. The molecule has 1 aromatic rings. The Morgan fingerprint density at radius 1 is 1.57 bits per heavy atom. The Morgan fingerprint density at radius 2 is 2.21 bits per heavy atom. The molecule has 1 heterocycles. The SMILES string of the molecule is CSc1nc(N)ncc1C(=O)N(C)C. The van der Waals surface area contributed by atoms with Gasteiger partial charge in [0.25, 0.3) is 5.91 Å². The van der Waals surface area contributed by atoms with Crippen molar-refractivity contribution < 1.29 is 4.79 Å². The van der Waals surface area contributed by atoms with Crippen LogP contribution in [0.3, 0.4) is 0 Å². The maximum Gasteiger partial charge on any atom is 0.257 e. The van der Waals surface area contributed by atoms with Crippen LogP contribution in [-0.4, -0.2) is 41.1 Å². The minimum absolute atomic E-state index is 0.116. The summed E-state index contributed by atoms with van der Waals surface area (Å²) in [4.78, 5) is 20.9. The van der Waals surface area contributed by atoms with E-state index in [-0.39, 0.29) is 11.9 Å². The van der Waals surface area contributed by atoms with Crippen molar-refractivity contribution in [3.63, 3.8) is 0 Å². The highest BCUT2D eigenvalue weighted by Gasteiger charge is 2.14. The van der Waals surface area contributed by atoms with Gasteiger partial charge in [-0.1, -0.05) is 0 Å². The first kappa shape index (κ1) is 10.8. The van der Waals surface area contributed by atoms with Crippen LogP contribution < -0.4 is 5.73 Å². The second kappa shape index (κ2) is 4.28. The van der Waals surface area contributed by atoms with Crippen LogP contribution in [0, 0.1) is 0 Å². The largest absolute Gasteiger partial charge is 0.368 e. The van der Waals surface area contributed by atoms with Crippen molar-refractivity contribution in [2.45, 2.75) is 5.03 Å². The molecule has 0 atom stereocenters. The number of carbonyl (C=O) groups is 1. The number of nitrogens with two attached hydrogens (primary N) is 1. The minimum atomic E-state index is -0.116. The number of carbonyl (C=O) groups excluding carboxylic acids is 1. The number of nitrogen functional groups attached to an aromatic ring is 1. The maximum atomic E-state index is 11.6. The van der Waals surface area contributed by atoms with E-state index in [9.17, 15) is 4.79 Å². The predicted molar refractivity (Wildman–Crippen MR) is 56.2 cm³/mol. The van der Waals surface area contributed by atoms with Crippen LogP contribution >= 0.6 is 11.8 Å². The van der Waals surface area contributed by atoms with E-state index in [2.05, 4.69) is 9.97 Å². The summed E-state index contributed by atoms with van der Waals surface area (Å²) in [6, 6.07) is 0. The molecule has 14 heavy (non-hydrogen) atoms. The lowest BCUT2D eigenvalue weighted by molar-refractivity contribution is 0.0823. The Hall–Kier alpha value is -1.30. The fraction of sp³-hybridized carbons (Fsp3) is 0.375. The number of rotatable bonds is 2. The molecular weight excluding hydrogens is 200 g/mol. The standard InChI is InChI=1S/C8H12N4OS/c1-12(2)7(13)5-4-10-8(9)11-6(5)14-3/h4H,1-3H3,(H2,9,10,11). The molecule has 1 amide bonds. The van der Waals surface area contributed by atoms with Crippen LogP contribution in [0.5, 0.6) is 0 Å². The fourth-order valence-corrected chi connectivity index (χ4v) is 1.47. The van der Waals surface area contributed by atoms with E-state index in [0.29, 0.717) is 10.6 Å². The Morgan fingerprint density at radius 3 is 2.71 bits per heavy atom.